The van der Waals surface area contributed by atoms with Crippen LogP contribution in [0.4, 0.5) is 0 Å². The van der Waals surface area contributed by atoms with Crippen LogP contribution in [0.25, 0.3) is 17.0 Å². The standard InChI is InChI=1S/C21H22N4O/c1-3-25(4-2)18(16-11-7-5-8-12-16)15-19(26)21-20(22-24-23-21)17-13-9-6-10-14-17/h5-15H,3-4H2,1-2H3,(H,22,23,24). The fourth-order valence-electron chi connectivity index (χ4n) is 2.92. The van der Waals surface area contributed by atoms with E-state index in [1.165, 1.54) is 0 Å². The number of allylic oxidation sites excluding steroid dienone is 1. The third-order valence-corrected chi connectivity index (χ3v) is 4.27. The molecule has 1 heterocycles. The maximum absolute atomic E-state index is 13.0. The average molecular weight is 346 g/mol. The van der Waals surface area contributed by atoms with Crippen molar-refractivity contribution in [2.24, 2.45) is 0 Å². The SMILES string of the molecule is CCN(CC)C(=CC(=O)c1n[nH]nc1-c1ccccc1)c1ccccc1. The molecule has 0 radical (unpaired) electrons. The molecule has 0 aliphatic heterocycles. The number of ketones is 1. The van der Waals surface area contributed by atoms with Crippen LogP contribution in [0.2, 0.25) is 0 Å². The molecule has 0 amide bonds. The lowest BCUT2D eigenvalue weighted by atomic mass is 10.0. The van der Waals surface area contributed by atoms with Gasteiger partial charge in [0.15, 0.2) is 5.69 Å². The summed E-state index contributed by atoms with van der Waals surface area (Å²) in [5.74, 6) is -0.164. The molecular formula is C21H22N4O. The zero-order valence-corrected chi connectivity index (χ0v) is 15.0. The summed E-state index contributed by atoms with van der Waals surface area (Å²) >= 11 is 0. The van der Waals surface area contributed by atoms with Crippen LogP contribution in [0.5, 0.6) is 0 Å². The number of H-pyrrole nitrogens is 1. The second-order valence-corrected chi connectivity index (χ2v) is 5.82. The Morgan fingerprint density at radius 1 is 0.962 bits per heavy atom. The third kappa shape index (κ3) is 3.72. The van der Waals surface area contributed by atoms with Gasteiger partial charge in [-0.15, -0.1) is 0 Å². The monoisotopic (exact) mass is 346 g/mol. The van der Waals surface area contributed by atoms with E-state index < -0.39 is 0 Å². The molecule has 0 spiro atoms. The Labute approximate surface area is 153 Å². The predicted octanol–water partition coefficient (Wildman–Crippen LogP) is 4.04. The van der Waals surface area contributed by atoms with Crippen molar-refractivity contribution in [1.29, 1.82) is 0 Å². The van der Waals surface area contributed by atoms with Gasteiger partial charge in [0.25, 0.3) is 0 Å². The van der Waals surface area contributed by atoms with Crippen molar-refractivity contribution in [2.45, 2.75) is 13.8 Å². The molecule has 0 saturated heterocycles. The molecule has 0 aliphatic carbocycles. The first-order chi connectivity index (χ1) is 12.7. The van der Waals surface area contributed by atoms with Gasteiger partial charge in [0.2, 0.25) is 5.78 Å². The van der Waals surface area contributed by atoms with Crippen molar-refractivity contribution in [1.82, 2.24) is 20.3 Å². The topological polar surface area (TPSA) is 61.9 Å². The van der Waals surface area contributed by atoms with E-state index in [-0.39, 0.29) is 5.78 Å². The van der Waals surface area contributed by atoms with Crippen molar-refractivity contribution in [2.75, 3.05) is 13.1 Å². The van der Waals surface area contributed by atoms with Crippen molar-refractivity contribution in [3.63, 3.8) is 0 Å². The van der Waals surface area contributed by atoms with Crippen LogP contribution in [0.15, 0.2) is 66.7 Å². The van der Waals surface area contributed by atoms with E-state index in [9.17, 15) is 4.79 Å². The van der Waals surface area contributed by atoms with Crippen molar-refractivity contribution in [3.8, 4) is 11.3 Å². The summed E-state index contributed by atoms with van der Waals surface area (Å²) in [4.78, 5) is 15.2. The van der Waals surface area contributed by atoms with E-state index in [0.717, 1.165) is 29.9 Å². The number of hydrogen-bond donors (Lipinski definition) is 1. The molecule has 1 aromatic heterocycles. The largest absolute Gasteiger partial charge is 0.371 e. The second-order valence-electron chi connectivity index (χ2n) is 5.82. The van der Waals surface area contributed by atoms with E-state index in [4.69, 9.17) is 0 Å². The lowest BCUT2D eigenvalue weighted by Gasteiger charge is -2.24. The molecule has 0 unspecified atom stereocenters. The Bertz CT molecular complexity index is 881. The minimum atomic E-state index is -0.164. The fourth-order valence-corrected chi connectivity index (χ4v) is 2.92. The maximum atomic E-state index is 13.0. The molecule has 1 N–H and O–H groups in total. The highest BCUT2D eigenvalue weighted by molar-refractivity contribution is 6.10. The molecule has 26 heavy (non-hydrogen) atoms. The normalized spacial score (nSPS) is 11.4. The van der Waals surface area contributed by atoms with Crippen molar-refractivity contribution >= 4 is 11.5 Å². The zero-order valence-electron chi connectivity index (χ0n) is 15.0. The quantitative estimate of drug-likeness (QED) is 0.518. The Hall–Kier alpha value is -3.21. The number of rotatable bonds is 7. The first-order valence-corrected chi connectivity index (χ1v) is 8.77. The van der Waals surface area contributed by atoms with Crippen molar-refractivity contribution < 1.29 is 4.79 Å². The van der Waals surface area contributed by atoms with Gasteiger partial charge in [-0.3, -0.25) is 4.79 Å². The lowest BCUT2D eigenvalue weighted by molar-refractivity contribution is 0.104. The Morgan fingerprint density at radius 2 is 1.58 bits per heavy atom. The molecule has 5 heteroatoms. The van der Waals surface area contributed by atoms with Gasteiger partial charge in [0.1, 0.15) is 5.69 Å². The van der Waals surface area contributed by atoms with E-state index in [2.05, 4.69) is 34.2 Å². The van der Waals surface area contributed by atoms with Crippen LogP contribution in [-0.4, -0.2) is 39.2 Å². The van der Waals surface area contributed by atoms with E-state index in [1.54, 1.807) is 6.08 Å². The van der Waals surface area contributed by atoms with Gasteiger partial charge in [0, 0.05) is 30.4 Å². The number of aromatic nitrogens is 3. The summed E-state index contributed by atoms with van der Waals surface area (Å²) in [7, 11) is 0. The maximum Gasteiger partial charge on any atom is 0.210 e. The Kier molecular flexibility index (Phi) is 5.59. The molecule has 0 fully saturated rings. The molecule has 3 aromatic rings. The minimum absolute atomic E-state index is 0.164. The highest BCUT2D eigenvalue weighted by Crippen LogP contribution is 2.23. The number of carbonyl (C=O) groups excluding carboxylic acids is 1. The predicted molar refractivity (Wildman–Crippen MR) is 103 cm³/mol. The van der Waals surface area contributed by atoms with Crippen LogP contribution in [0, 0.1) is 0 Å². The lowest BCUT2D eigenvalue weighted by Crippen LogP contribution is -2.22. The highest BCUT2D eigenvalue weighted by atomic mass is 16.1. The third-order valence-electron chi connectivity index (χ3n) is 4.27. The first-order valence-electron chi connectivity index (χ1n) is 8.77. The number of carbonyl (C=O) groups is 1. The van der Waals surface area contributed by atoms with Gasteiger partial charge >= 0.3 is 0 Å². The molecule has 2 aromatic carbocycles. The van der Waals surface area contributed by atoms with Gasteiger partial charge in [-0.05, 0) is 19.4 Å². The van der Waals surface area contributed by atoms with Crippen LogP contribution in [-0.2, 0) is 0 Å². The minimum Gasteiger partial charge on any atom is -0.371 e. The molecule has 132 valence electrons. The summed E-state index contributed by atoms with van der Waals surface area (Å²) in [5, 5.41) is 10.9. The van der Waals surface area contributed by atoms with Gasteiger partial charge < -0.3 is 4.90 Å². The van der Waals surface area contributed by atoms with Crippen LogP contribution >= 0.6 is 0 Å². The second kappa shape index (κ2) is 8.25. The summed E-state index contributed by atoms with van der Waals surface area (Å²) in [6.45, 7) is 5.79. The number of hydrogen-bond acceptors (Lipinski definition) is 4. The van der Waals surface area contributed by atoms with Crippen LogP contribution in [0.1, 0.15) is 29.9 Å². The zero-order chi connectivity index (χ0) is 18.4. The van der Waals surface area contributed by atoms with Crippen LogP contribution in [0.3, 0.4) is 0 Å². The number of benzene rings is 2. The summed E-state index contributed by atoms with van der Waals surface area (Å²) < 4.78 is 0. The first kappa shape index (κ1) is 17.6. The fraction of sp³-hybridized carbons (Fsp3) is 0.190. The van der Waals surface area contributed by atoms with Gasteiger partial charge in [-0.2, -0.15) is 15.4 Å². The van der Waals surface area contributed by atoms with E-state index in [0.29, 0.717) is 11.4 Å². The molecular weight excluding hydrogens is 324 g/mol. The number of nitrogens with one attached hydrogen (secondary N) is 1. The molecule has 0 aliphatic rings. The molecule has 5 nitrogen and oxygen atoms in total. The molecule has 0 atom stereocenters. The summed E-state index contributed by atoms with van der Waals surface area (Å²) in [6, 6.07) is 19.5. The number of nitrogens with zero attached hydrogens (tertiary/aromatic N) is 3. The Morgan fingerprint density at radius 3 is 2.19 bits per heavy atom. The molecule has 0 bridgehead atoms. The highest BCUT2D eigenvalue weighted by Gasteiger charge is 2.18. The van der Waals surface area contributed by atoms with Gasteiger partial charge in [0.05, 0.1) is 0 Å². The van der Waals surface area contributed by atoms with E-state index >= 15 is 0 Å². The van der Waals surface area contributed by atoms with Crippen LogP contribution < -0.4 is 0 Å². The smallest absolute Gasteiger partial charge is 0.210 e. The van der Waals surface area contributed by atoms with Gasteiger partial charge in [-0.25, -0.2) is 0 Å². The number of aromatic amines is 1. The molecule has 0 saturated carbocycles. The Balaban J connectivity index is 2.02. The van der Waals surface area contributed by atoms with Gasteiger partial charge in [-0.1, -0.05) is 60.7 Å². The average Bonchev–Trinajstić information content (AvgIpc) is 3.19. The van der Waals surface area contributed by atoms with E-state index in [1.807, 2.05) is 60.7 Å². The summed E-state index contributed by atoms with van der Waals surface area (Å²) in [5.41, 5.74) is 3.66. The van der Waals surface area contributed by atoms with Crippen molar-refractivity contribution in [3.05, 3.63) is 78.0 Å². The molecule has 3 rings (SSSR count). The summed E-state index contributed by atoms with van der Waals surface area (Å²) in [6.07, 6.45) is 1.66.